The summed E-state index contributed by atoms with van der Waals surface area (Å²) >= 11 is 1.52. The molecule has 4 aromatic rings. The molecule has 0 bridgehead atoms. The minimum Gasteiger partial charge on any atom is -0.494 e. The highest BCUT2D eigenvalue weighted by Gasteiger charge is 2.27. The number of aromatic nitrogens is 1. The predicted octanol–water partition coefficient (Wildman–Crippen LogP) is 5.87. The van der Waals surface area contributed by atoms with Crippen LogP contribution in [0.2, 0.25) is 0 Å². The van der Waals surface area contributed by atoms with Gasteiger partial charge in [0.15, 0.2) is 0 Å². The van der Waals surface area contributed by atoms with E-state index >= 15 is 0 Å². The number of sulfonamides is 1. The maximum Gasteiger partial charge on any atom is 0.264 e. The van der Waals surface area contributed by atoms with Crippen LogP contribution in [0.5, 0.6) is 5.75 Å². The number of carbonyl (C=O) groups is 1. The third kappa shape index (κ3) is 7.01. The Kier molecular flexibility index (Phi) is 9.57. The molecule has 0 aliphatic heterocycles. The second-order valence-corrected chi connectivity index (χ2v) is 12.2. The first-order valence-corrected chi connectivity index (χ1v) is 15.8. The third-order valence-electron chi connectivity index (χ3n) is 6.49. The molecule has 1 aromatic heterocycles. The van der Waals surface area contributed by atoms with Gasteiger partial charge in [-0.25, -0.2) is 13.8 Å². The molecule has 1 N–H and O–H groups in total. The molecule has 0 fully saturated rings. The highest BCUT2D eigenvalue weighted by Crippen LogP contribution is 2.27. The summed E-state index contributed by atoms with van der Waals surface area (Å²) in [6, 6.07) is 23.4. The number of carbonyl (C=O) groups excluding carboxylic acids is 1. The number of thioether (sulfide) groups is 1. The molecule has 0 unspecified atom stereocenters. The van der Waals surface area contributed by atoms with Gasteiger partial charge in [0.1, 0.15) is 12.3 Å². The second-order valence-electron chi connectivity index (χ2n) is 9.41. The second kappa shape index (κ2) is 13.1. The van der Waals surface area contributed by atoms with Crippen LogP contribution in [0.15, 0.2) is 93.8 Å². The molecule has 0 saturated heterocycles. The normalized spacial score (nSPS) is 11.5. The maximum absolute atomic E-state index is 13.7. The molecule has 0 saturated carbocycles. The Bertz CT molecular complexity index is 1640. The van der Waals surface area contributed by atoms with Gasteiger partial charge in [-0.15, -0.1) is 11.8 Å². The molecule has 0 radical (unpaired) electrons. The summed E-state index contributed by atoms with van der Waals surface area (Å²) in [7, 11) is -4.05. The fraction of sp³-hybridized carbons (Fsp3) is 0.226. The smallest absolute Gasteiger partial charge is 0.264 e. The summed E-state index contributed by atoms with van der Waals surface area (Å²) in [6.45, 7) is 7.94. The summed E-state index contributed by atoms with van der Waals surface area (Å²) in [5.74, 6) is 0.0298. The van der Waals surface area contributed by atoms with Gasteiger partial charge in [0.05, 0.1) is 23.4 Å². The Labute approximate surface area is 246 Å². The maximum atomic E-state index is 13.7. The number of rotatable bonds is 11. The molecule has 41 heavy (non-hydrogen) atoms. The first-order valence-electron chi connectivity index (χ1n) is 13.1. The van der Waals surface area contributed by atoms with Crippen molar-refractivity contribution in [3.63, 3.8) is 0 Å². The zero-order chi connectivity index (χ0) is 29.6. The lowest BCUT2D eigenvalue weighted by atomic mass is 10.2. The molecule has 3 aromatic carbocycles. The van der Waals surface area contributed by atoms with Crippen LogP contribution in [0.1, 0.15) is 29.4 Å². The van der Waals surface area contributed by atoms with E-state index in [0.29, 0.717) is 18.0 Å². The summed E-state index contributed by atoms with van der Waals surface area (Å²) in [5, 5.41) is 4.15. The minimum absolute atomic E-state index is 0.0871. The van der Waals surface area contributed by atoms with Crippen molar-refractivity contribution in [1.29, 1.82) is 0 Å². The first-order chi connectivity index (χ1) is 19.6. The summed E-state index contributed by atoms with van der Waals surface area (Å²) in [5.41, 5.74) is 7.88. The van der Waals surface area contributed by atoms with Gasteiger partial charge in [-0.1, -0.05) is 12.1 Å². The number of nitrogens with one attached hydrogen (secondary N) is 1. The Hall–Kier alpha value is -4.02. The highest BCUT2D eigenvalue weighted by atomic mass is 32.2. The number of benzene rings is 3. The molecule has 1 amide bonds. The van der Waals surface area contributed by atoms with E-state index in [0.717, 1.165) is 37.4 Å². The van der Waals surface area contributed by atoms with Gasteiger partial charge in [0.2, 0.25) is 0 Å². The zero-order valence-electron chi connectivity index (χ0n) is 23.8. The van der Waals surface area contributed by atoms with Crippen molar-refractivity contribution in [2.24, 2.45) is 5.10 Å². The molecule has 0 aliphatic carbocycles. The van der Waals surface area contributed by atoms with Gasteiger partial charge in [0.25, 0.3) is 15.9 Å². The number of anilines is 1. The van der Waals surface area contributed by atoms with E-state index in [-0.39, 0.29) is 4.90 Å². The molecule has 10 heteroatoms. The summed E-state index contributed by atoms with van der Waals surface area (Å²) < 4.78 is 36.1. The number of nitrogens with zero attached hydrogens (tertiary/aromatic N) is 3. The molecular weight excluding hydrogens is 556 g/mol. The number of ether oxygens (including phenoxy) is 1. The van der Waals surface area contributed by atoms with Crippen LogP contribution in [-0.2, 0) is 14.8 Å². The third-order valence-corrected chi connectivity index (χ3v) is 9.03. The number of hydrogen-bond acceptors (Lipinski definition) is 6. The van der Waals surface area contributed by atoms with E-state index in [1.54, 1.807) is 54.7 Å². The molecule has 0 atom stereocenters. The van der Waals surface area contributed by atoms with Gasteiger partial charge in [0, 0.05) is 27.5 Å². The SMILES string of the molecule is CCOc1ccc(N(CC(=O)N/N=C\c2cc(C)n(-c3cccc(C)c3)c2C)S(=O)(=O)c2ccc(SC)cc2)cc1. The number of hydrogen-bond donors (Lipinski definition) is 1. The molecule has 0 aliphatic rings. The van der Waals surface area contributed by atoms with Crippen molar-refractivity contribution in [3.05, 3.63) is 101 Å². The van der Waals surface area contributed by atoms with Crippen LogP contribution < -0.4 is 14.5 Å². The van der Waals surface area contributed by atoms with Crippen LogP contribution in [0, 0.1) is 20.8 Å². The standard InChI is InChI=1S/C31H34N4O4S2/c1-6-39-28-12-10-26(11-13-28)34(41(37,38)30-16-14-29(40-5)15-17-30)21-31(36)33-32-20-25-19-23(3)35(24(25)4)27-9-7-8-22(2)18-27/h7-20H,6,21H2,1-5H3,(H,33,36)/b32-20-. The fourth-order valence-corrected chi connectivity index (χ4v) is 6.32. The Morgan fingerprint density at radius 3 is 2.37 bits per heavy atom. The zero-order valence-corrected chi connectivity index (χ0v) is 25.4. The van der Waals surface area contributed by atoms with Crippen molar-refractivity contribution in [3.8, 4) is 11.4 Å². The Balaban J connectivity index is 1.56. The predicted molar refractivity (Wildman–Crippen MR) is 166 cm³/mol. The minimum atomic E-state index is -4.05. The van der Waals surface area contributed by atoms with Crippen molar-refractivity contribution < 1.29 is 17.9 Å². The number of aryl methyl sites for hydroxylation is 2. The van der Waals surface area contributed by atoms with Gasteiger partial charge in [-0.3, -0.25) is 9.10 Å². The summed E-state index contributed by atoms with van der Waals surface area (Å²) in [4.78, 5) is 14.0. The van der Waals surface area contributed by atoms with Crippen LogP contribution in [0.4, 0.5) is 5.69 Å². The van der Waals surface area contributed by atoms with Gasteiger partial charge >= 0.3 is 0 Å². The molecule has 4 rings (SSSR count). The lowest BCUT2D eigenvalue weighted by Crippen LogP contribution is -2.39. The topological polar surface area (TPSA) is 93.0 Å². The van der Waals surface area contributed by atoms with Gasteiger partial charge in [-0.2, -0.15) is 5.10 Å². The van der Waals surface area contributed by atoms with E-state index < -0.39 is 22.5 Å². The van der Waals surface area contributed by atoms with E-state index in [2.05, 4.69) is 21.2 Å². The van der Waals surface area contributed by atoms with Crippen LogP contribution >= 0.6 is 11.8 Å². The molecule has 8 nitrogen and oxygen atoms in total. The van der Waals surface area contributed by atoms with Gasteiger partial charge in [-0.05, 0) is 106 Å². The fourth-order valence-electron chi connectivity index (χ4n) is 4.49. The van der Waals surface area contributed by atoms with E-state index in [9.17, 15) is 13.2 Å². The quantitative estimate of drug-likeness (QED) is 0.134. The van der Waals surface area contributed by atoms with Crippen LogP contribution in [-0.4, -0.2) is 44.5 Å². The van der Waals surface area contributed by atoms with Crippen molar-refractivity contribution in [2.75, 3.05) is 23.7 Å². The van der Waals surface area contributed by atoms with E-state index in [1.165, 1.54) is 11.8 Å². The van der Waals surface area contributed by atoms with Gasteiger partial charge < -0.3 is 9.30 Å². The lowest BCUT2D eigenvalue weighted by Gasteiger charge is -2.24. The van der Waals surface area contributed by atoms with E-state index in [1.807, 2.05) is 58.2 Å². The van der Waals surface area contributed by atoms with Crippen LogP contribution in [0.25, 0.3) is 5.69 Å². The van der Waals surface area contributed by atoms with Crippen molar-refractivity contribution >= 4 is 39.6 Å². The summed E-state index contributed by atoms with van der Waals surface area (Å²) in [6.07, 6.45) is 3.49. The van der Waals surface area contributed by atoms with E-state index in [4.69, 9.17) is 4.74 Å². The van der Waals surface area contributed by atoms with Crippen molar-refractivity contribution in [2.45, 2.75) is 37.5 Å². The highest BCUT2D eigenvalue weighted by molar-refractivity contribution is 7.98. The lowest BCUT2D eigenvalue weighted by molar-refractivity contribution is -0.119. The molecule has 214 valence electrons. The average molecular weight is 591 g/mol. The molecular formula is C31H34N4O4S2. The van der Waals surface area contributed by atoms with Crippen molar-refractivity contribution in [1.82, 2.24) is 9.99 Å². The molecule has 0 spiro atoms. The average Bonchev–Trinajstić information content (AvgIpc) is 3.24. The number of hydrazone groups is 1. The Morgan fingerprint density at radius 1 is 1.02 bits per heavy atom. The van der Waals surface area contributed by atoms with Crippen LogP contribution in [0.3, 0.4) is 0 Å². The first kappa shape index (κ1) is 30.0. The monoisotopic (exact) mass is 590 g/mol. The Morgan fingerprint density at radius 2 is 1.73 bits per heavy atom. The largest absolute Gasteiger partial charge is 0.494 e. The molecule has 1 heterocycles. The number of amides is 1.